The van der Waals surface area contributed by atoms with Gasteiger partial charge in [0.1, 0.15) is 0 Å². The van der Waals surface area contributed by atoms with Crippen LogP contribution in [0, 0.1) is 0 Å². The van der Waals surface area contributed by atoms with Crippen molar-refractivity contribution in [3.05, 3.63) is 59.8 Å². The van der Waals surface area contributed by atoms with Crippen molar-refractivity contribution in [2.45, 2.75) is 12.0 Å². The summed E-state index contributed by atoms with van der Waals surface area (Å²) in [5.41, 5.74) is 8.25. The number of hydrogen-bond donors (Lipinski definition) is 1. The van der Waals surface area contributed by atoms with Crippen molar-refractivity contribution in [3.8, 4) is 0 Å². The summed E-state index contributed by atoms with van der Waals surface area (Å²) >= 11 is 0. The average Bonchev–Trinajstić information content (AvgIpc) is 2.49. The van der Waals surface area contributed by atoms with Gasteiger partial charge < -0.3 is 10.5 Å². The SMILES string of the molecule is NC1=CC=CC(c2ccccc2)(N2CCOCC2)C1. The molecule has 0 amide bonds. The highest BCUT2D eigenvalue weighted by atomic mass is 16.5. The summed E-state index contributed by atoms with van der Waals surface area (Å²) in [6, 6.07) is 10.6. The normalized spacial score (nSPS) is 28.1. The number of rotatable bonds is 2. The minimum atomic E-state index is -0.107. The molecule has 1 fully saturated rings. The zero-order valence-corrected chi connectivity index (χ0v) is 11.1. The van der Waals surface area contributed by atoms with Gasteiger partial charge >= 0.3 is 0 Å². The molecule has 3 heteroatoms. The first kappa shape index (κ1) is 12.5. The Morgan fingerprint density at radius 1 is 1.11 bits per heavy atom. The Balaban J connectivity index is 2.01. The van der Waals surface area contributed by atoms with Crippen LogP contribution < -0.4 is 5.73 Å². The van der Waals surface area contributed by atoms with Crippen LogP contribution in [0.1, 0.15) is 12.0 Å². The van der Waals surface area contributed by atoms with E-state index in [2.05, 4.69) is 47.4 Å². The highest BCUT2D eigenvalue weighted by molar-refractivity contribution is 5.37. The first-order valence-corrected chi connectivity index (χ1v) is 6.83. The van der Waals surface area contributed by atoms with E-state index >= 15 is 0 Å². The maximum absolute atomic E-state index is 6.11. The fraction of sp³-hybridized carbons (Fsp3) is 0.375. The Morgan fingerprint density at radius 2 is 1.84 bits per heavy atom. The van der Waals surface area contributed by atoms with Gasteiger partial charge in [-0.1, -0.05) is 42.5 Å². The monoisotopic (exact) mass is 256 g/mol. The molecule has 0 radical (unpaired) electrons. The second kappa shape index (κ2) is 5.19. The molecule has 1 atom stereocenters. The van der Waals surface area contributed by atoms with E-state index in [0.717, 1.165) is 38.4 Å². The van der Waals surface area contributed by atoms with Crippen LogP contribution in [0.5, 0.6) is 0 Å². The highest BCUT2D eigenvalue weighted by Crippen LogP contribution is 2.38. The Kier molecular flexibility index (Phi) is 3.40. The van der Waals surface area contributed by atoms with Gasteiger partial charge in [-0.3, -0.25) is 4.90 Å². The molecule has 1 aliphatic carbocycles. The second-order valence-corrected chi connectivity index (χ2v) is 5.17. The summed E-state index contributed by atoms with van der Waals surface area (Å²) in [7, 11) is 0. The largest absolute Gasteiger partial charge is 0.402 e. The van der Waals surface area contributed by atoms with Crippen LogP contribution in [0.15, 0.2) is 54.3 Å². The van der Waals surface area contributed by atoms with Gasteiger partial charge in [0, 0.05) is 25.2 Å². The lowest BCUT2D eigenvalue weighted by molar-refractivity contribution is -0.00824. The molecule has 0 aromatic heterocycles. The zero-order valence-electron chi connectivity index (χ0n) is 11.1. The number of benzene rings is 1. The highest BCUT2D eigenvalue weighted by Gasteiger charge is 2.38. The Labute approximate surface area is 114 Å². The van der Waals surface area contributed by atoms with Crippen molar-refractivity contribution in [2.75, 3.05) is 26.3 Å². The smallest absolute Gasteiger partial charge is 0.0705 e. The van der Waals surface area contributed by atoms with E-state index in [1.807, 2.05) is 6.08 Å². The van der Waals surface area contributed by atoms with Gasteiger partial charge in [0.25, 0.3) is 0 Å². The molecule has 100 valence electrons. The van der Waals surface area contributed by atoms with Gasteiger partial charge in [-0.25, -0.2) is 0 Å². The standard InChI is InChI=1S/C16H20N2O/c17-15-7-4-8-16(13-15,14-5-2-1-3-6-14)18-9-11-19-12-10-18/h1-8H,9-13,17H2. The minimum absolute atomic E-state index is 0.107. The molecule has 1 aromatic rings. The predicted octanol–water partition coefficient (Wildman–Crippen LogP) is 2.02. The van der Waals surface area contributed by atoms with E-state index < -0.39 is 0 Å². The van der Waals surface area contributed by atoms with Gasteiger partial charge in [0.2, 0.25) is 0 Å². The molecule has 1 unspecified atom stereocenters. The topological polar surface area (TPSA) is 38.5 Å². The number of hydrogen-bond acceptors (Lipinski definition) is 3. The molecule has 3 rings (SSSR count). The van der Waals surface area contributed by atoms with Gasteiger partial charge in [0.15, 0.2) is 0 Å². The summed E-state index contributed by atoms with van der Waals surface area (Å²) in [5.74, 6) is 0. The van der Waals surface area contributed by atoms with Crippen molar-refractivity contribution >= 4 is 0 Å². The first-order valence-electron chi connectivity index (χ1n) is 6.83. The van der Waals surface area contributed by atoms with Crippen LogP contribution in [-0.4, -0.2) is 31.2 Å². The lowest BCUT2D eigenvalue weighted by Crippen LogP contribution is -2.51. The third-order valence-electron chi connectivity index (χ3n) is 4.00. The fourth-order valence-corrected chi connectivity index (χ4v) is 3.05. The van der Waals surface area contributed by atoms with Crippen molar-refractivity contribution in [3.63, 3.8) is 0 Å². The van der Waals surface area contributed by atoms with Crippen LogP contribution in [0.25, 0.3) is 0 Å². The fourth-order valence-electron chi connectivity index (χ4n) is 3.05. The number of nitrogens with two attached hydrogens (primary N) is 1. The molecule has 2 N–H and O–H groups in total. The van der Waals surface area contributed by atoms with Crippen molar-refractivity contribution in [2.24, 2.45) is 5.73 Å². The minimum Gasteiger partial charge on any atom is -0.402 e. The average molecular weight is 256 g/mol. The van der Waals surface area contributed by atoms with Gasteiger partial charge in [-0.2, -0.15) is 0 Å². The third kappa shape index (κ3) is 2.31. The van der Waals surface area contributed by atoms with E-state index in [1.54, 1.807) is 0 Å². The van der Waals surface area contributed by atoms with E-state index in [1.165, 1.54) is 5.56 Å². The van der Waals surface area contributed by atoms with Crippen molar-refractivity contribution in [1.29, 1.82) is 0 Å². The maximum atomic E-state index is 6.11. The lowest BCUT2D eigenvalue weighted by Gasteiger charge is -2.45. The van der Waals surface area contributed by atoms with E-state index in [4.69, 9.17) is 10.5 Å². The van der Waals surface area contributed by atoms with Crippen LogP contribution in [0.2, 0.25) is 0 Å². The van der Waals surface area contributed by atoms with Crippen LogP contribution in [0.4, 0.5) is 0 Å². The molecule has 0 saturated carbocycles. The van der Waals surface area contributed by atoms with Crippen LogP contribution >= 0.6 is 0 Å². The lowest BCUT2D eigenvalue weighted by atomic mass is 9.80. The molecule has 1 aliphatic heterocycles. The van der Waals surface area contributed by atoms with Gasteiger partial charge in [0.05, 0.1) is 18.8 Å². The van der Waals surface area contributed by atoms with Crippen molar-refractivity contribution in [1.82, 2.24) is 4.90 Å². The summed E-state index contributed by atoms with van der Waals surface area (Å²) in [6.07, 6.45) is 7.22. The molecule has 0 spiro atoms. The molecule has 1 aromatic carbocycles. The summed E-state index contributed by atoms with van der Waals surface area (Å²) in [4.78, 5) is 2.49. The van der Waals surface area contributed by atoms with Crippen LogP contribution in [-0.2, 0) is 10.3 Å². The number of morpholine rings is 1. The molecule has 3 nitrogen and oxygen atoms in total. The number of nitrogens with zero attached hydrogens (tertiary/aromatic N) is 1. The predicted molar refractivity (Wildman–Crippen MR) is 76.5 cm³/mol. The van der Waals surface area contributed by atoms with E-state index in [-0.39, 0.29) is 5.54 Å². The maximum Gasteiger partial charge on any atom is 0.0705 e. The zero-order chi connectivity index (χ0) is 13.1. The molecule has 1 saturated heterocycles. The summed E-state index contributed by atoms with van der Waals surface area (Å²) < 4.78 is 5.49. The molecule has 19 heavy (non-hydrogen) atoms. The Bertz CT molecular complexity index is 489. The number of ether oxygens (including phenoxy) is 1. The first-order chi connectivity index (χ1) is 9.31. The van der Waals surface area contributed by atoms with Crippen molar-refractivity contribution < 1.29 is 4.74 Å². The van der Waals surface area contributed by atoms with Crippen LogP contribution in [0.3, 0.4) is 0 Å². The molecular formula is C16H20N2O. The Hall–Kier alpha value is -1.58. The molecule has 0 bridgehead atoms. The van der Waals surface area contributed by atoms with Gasteiger partial charge in [-0.05, 0) is 11.6 Å². The molecular weight excluding hydrogens is 236 g/mol. The summed E-state index contributed by atoms with van der Waals surface area (Å²) in [6.45, 7) is 3.50. The third-order valence-corrected chi connectivity index (χ3v) is 4.00. The van der Waals surface area contributed by atoms with Gasteiger partial charge in [-0.15, -0.1) is 0 Å². The summed E-state index contributed by atoms with van der Waals surface area (Å²) in [5, 5.41) is 0. The molecule has 2 aliphatic rings. The van der Waals surface area contributed by atoms with E-state index in [0.29, 0.717) is 0 Å². The molecule has 1 heterocycles. The van der Waals surface area contributed by atoms with E-state index in [9.17, 15) is 0 Å². The Morgan fingerprint density at radius 3 is 2.53 bits per heavy atom. The second-order valence-electron chi connectivity index (χ2n) is 5.17. The quantitative estimate of drug-likeness (QED) is 0.879. The number of allylic oxidation sites excluding steroid dienone is 2.